The van der Waals surface area contributed by atoms with Gasteiger partial charge in [-0.05, 0) is 36.3 Å². The molecule has 1 saturated heterocycles. The van der Waals surface area contributed by atoms with E-state index in [4.69, 9.17) is 0 Å². The summed E-state index contributed by atoms with van der Waals surface area (Å²) in [6.45, 7) is 5.82. The number of hydrogen-bond donors (Lipinski definition) is 2. The number of benzene rings is 1. The molecule has 2 aliphatic rings. The number of piperidine rings is 1. The number of urea groups is 1. The fourth-order valence-electron chi connectivity index (χ4n) is 3.96. The molecule has 2 aliphatic heterocycles. The van der Waals surface area contributed by atoms with Crippen molar-refractivity contribution >= 4 is 17.6 Å². The molecule has 0 aromatic heterocycles. The van der Waals surface area contributed by atoms with Gasteiger partial charge in [0.25, 0.3) is 0 Å². The average molecular weight is 359 g/mol. The number of hydrogen-bond acceptors (Lipinski definition) is 3. The minimum Gasteiger partial charge on any atom is -0.396 e. The van der Waals surface area contributed by atoms with Crippen LogP contribution in [0.15, 0.2) is 24.3 Å². The summed E-state index contributed by atoms with van der Waals surface area (Å²) in [5, 5.41) is 12.5. The molecule has 0 unspecified atom stereocenters. The predicted octanol–water partition coefficient (Wildman–Crippen LogP) is 2.68. The van der Waals surface area contributed by atoms with Gasteiger partial charge >= 0.3 is 6.03 Å². The van der Waals surface area contributed by atoms with E-state index in [9.17, 15) is 14.7 Å². The molecule has 0 aliphatic carbocycles. The molecule has 26 heavy (non-hydrogen) atoms. The van der Waals surface area contributed by atoms with Gasteiger partial charge in [-0.3, -0.25) is 4.79 Å². The van der Waals surface area contributed by atoms with Crippen molar-refractivity contribution in [3.8, 4) is 0 Å². The lowest BCUT2D eigenvalue weighted by Crippen LogP contribution is -2.55. The lowest BCUT2D eigenvalue weighted by molar-refractivity contribution is -0.122. The zero-order chi connectivity index (χ0) is 18.7. The van der Waals surface area contributed by atoms with Gasteiger partial charge in [-0.25, -0.2) is 4.79 Å². The van der Waals surface area contributed by atoms with Crippen LogP contribution in [0, 0.1) is 11.8 Å². The van der Waals surface area contributed by atoms with Crippen molar-refractivity contribution in [3.63, 3.8) is 0 Å². The number of amides is 3. The number of aliphatic hydroxyl groups excluding tert-OH is 1. The van der Waals surface area contributed by atoms with Crippen LogP contribution in [-0.4, -0.2) is 52.6 Å². The summed E-state index contributed by atoms with van der Waals surface area (Å²) < 4.78 is 0. The van der Waals surface area contributed by atoms with Crippen molar-refractivity contribution in [3.05, 3.63) is 29.8 Å². The predicted molar refractivity (Wildman–Crippen MR) is 101 cm³/mol. The van der Waals surface area contributed by atoms with E-state index in [1.807, 2.05) is 38.1 Å². The van der Waals surface area contributed by atoms with Gasteiger partial charge in [-0.2, -0.15) is 0 Å². The van der Waals surface area contributed by atoms with Crippen molar-refractivity contribution < 1.29 is 14.7 Å². The van der Waals surface area contributed by atoms with E-state index in [-0.39, 0.29) is 30.4 Å². The van der Waals surface area contributed by atoms with E-state index in [1.54, 1.807) is 9.80 Å². The fourth-order valence-corrected chi connectivity index (χ4v) is 3.96. The van der Waals surface area contributed by atoms with Gasteiger partial charge < -0.3 is 20.2 Å². The second-order valence-electron chi connectivity index (χ2n) is 7.52. The van der Waals surface area contributed by atoms with Crippen molar-refractivity contribution in [2.45, 2.75) is 45.7 Å². The van der Waals surface area contributed by atoms with E-state index in [2.05, 4.69) is 5.32 Å². The Balaban J connectivity index is 1.91. The largest absolute Gasteiger partial charge is 0.396 e. The number of nitrogens with zero attached hydrogens (tertiary/aromatic N) is 2. The van der Waals surface area contributed by atoms with Gasteiger partial charge in [-0.15, -0.1) is 0 Å². The van der Waals surface area contributed by atoms with Crippen LogP contribution in [0.3, 0.4) is 0 Å². The molecule has 2 heterocycles. The minimum absolute atomic E-state index is 0.0618. The Labute approximate surface area is 155 Å². The van der Waals surface area contributed by atoms with Gasteiger partial charge in [-0.1, -0.05) is 38.5 Å². The number of carbonyl (C=O) groups excluding carboxylic acids is 2. The zero-order valence-electron chi connectivity index (χ0n) is 15.6. The van der Waals surface area contributed by atoms with E-state index < -0.39 is 6.04 Å². The van der Waals surface area contributed by atoms with E-state index >= 15 is 0 Å². The molecule has 1 aromatic carbocycles. The first-order valence-corrected chi connectivity index (χ1v) is 9.60. The lowest BCUT2D eigenvalue weighted by Gasteiger charge is -2.39. The number of anilines is 1. The van der Waals surface area contributed by atoms with Crippen molar-refractivity contribution in [1.82, 2.24) is 9.80 Å². The molecular formula is C20H29N3O3. The quantitative estimate of drug-likeness (QED) is 0.871. The van der Waals surface area contributed by atoms with Gasteiger partial charge in [0.15, 0.2) is 0 Å². The molecule has 0 radical (unpaired) electrons. The molecule has 3 atom stereocenters. The zero-order valence-corrected chi connectivity index (χ0v) is 15.6. The molecule has 1 fully saturated rings. The molecule has 6 nitrogen and oxygen atoms in total. The van der Waals surface area contributed by atoms with Gasteiger partial charge in [0.05, 0.1) is 6.54 Å². The SMILES string of the molecule is CC[C@H](C)[C@H]1C(=O)Nc2ccccc2CN1C(=O)N1CCC[C@@H](CO)C1. The van der Waals surface area contributed by atoms with E-state index in [0.717, 1.165) is 30.5 Å². The molecule has 0 spiro atoms. The molecule has 142 valence electrons. The first kappa shape index (κ1) is 18.7. The third kappa shape index (κ3) is 3.70. The van der Waals surface area contributed by atoms with Crippen LogP contribution in [0.5, 0.6) is 0 Å². The Morgan fingerprint density at radius 1 is 1.38 bits per heavy atom. The fraction of sp³-hybridized carbons (Fsp3) is 0.600. The number of likely N-dealkylation sites (tertiary alicyclic amines) is 1. The first-order valence-electron chi connectivity index (χ1n) is 9.60. The summed E-state index contributed by atoms with van der Waals surface area (Å²) in [4.78, 5) is 29.8. The summed E-state index contributed by atoms with van der Waals surface area (Å²) in [5.41, 5.74) is 1.74. The maximum atomic E-state index is 13.3. The van der Waals surface area contributed by atoms with Crippen molar-refractivity contribution in [2.75, 3.05) is 25.0 Å². The maximum Gasteiger partial charge on any atom is 0.321 e. The third-order valence-corrected chi connectivity index (χ3v) is 5.70. The molecule has 0 saturated carbocycles. The second-order valence-corrected chi connectivity index (χ2v) is 7.52. The second kappa shape index (κ2) is 8.08. The summed E-state index contributed by atoms with van der Waals surface area (Å²) >= 11 is 0. The first-order chi connectivity index (χ1) is 12.5. The summed E-state index contributed by atoms with van der Waals surface area (Å²) in [5.74, 6) is 0.0721. The van der Waals surface area contributed by atoms with Gasteiger partial charge in [0.1, 0.15) is 6.04 Å². The van der Waals surface area contributed by atoms with Crippen molar-refractivity contribution in [1.29, 1.82) is 0 Å². The molecule has 6 heteroatoms. The van der Waals surface area contributed by atoms with E-state index in [0.29, 0.717) is 19.6 Å². The number of fused-ring (bicyclic) bond motifs is 1. The van der Waals surface area contributed by atoms with Gasteiger partial charge in [0, 0.05) is 25.4 Å². The highest BCUT2D eigenvalue weighted by Crippen LogP contribution is 2.29. The standard InChI is InChI=1S/C20H29N3O3/c1-3-14(2)18-19(25)21-17-9-5-4-8-16(17)12-23(18)20(26)22-10-6-7-15(11-22)13-24/h4-5,8-9,14-15,18,24H,3,6-7,10-13H2,1-2H3,(H,21,25)/t14-,15+,18-/m0/s1. The van der Waals surface area contributed by atoms with Crippen LogP contribution in [0.1, 0.15) is 38.7 Å². The third-order valence-electron chi connectivity index (χ3n) is 5.70. The highest BCUT2D eigenvalue weighted by molar-refractivity contribution is 5.98. The maximum absolute atomic E-state index is 13.3. The molecular weight excluding hydrogens is 330 g/mol. The average Bonchev–Trinajstić information content (AvgIpc) is 2.82. The van der Waals surface area contributed by atoms with E-state index in [1.165, 1.54) is 0 Å². The Morgan fingerprint density at radius 2 is 2.15 bits per heavy atom. The molecule has 1 aromatic rings. The summed E-state index contributed by atoms with van der Waals surface area (Å²) in [6, 6.07) is 7.08. The minimum atomic E-state index is -0.491. The molecule has 3 amide bonds. The Morgan fingerprint density at radius 3 is 2.88 bits per heavy atom. The number of carbonyl (C=O) groups is 2. The van der Waals surface area contributed by atoms with Crippen LogP contribution in [0.2, 0.25) is 0 Å². The summed E-state index contributed by atoms with van der Waals surface area (Å²) in [6.07, 6.45) is 2.65. The monoisotopic (exact) mass is 359 g/mol. The smallest absolute Gasteiger partial charge is 0.321 e. The summed E-state index contributed by atoms with van der Waals surface area (Å²) in [7, 11) is 0. The molecule has 3 rings (SSSR count). The number of nitrogens with one attached hydrogen (secondary N) is 1. The normalized spacial score (nSPS) is 24.5. The molecule has 0 bridgehead atoms. The molecule has 2 N–H and O–H groups in total. The van der Waals surface area contributed by atoms with Crippen molar-refractivity contribution in [2.24, 2.45) is 11.8 Å². The van der Waals surface area contributed by atoms with Crippen LogP contribution in [0.4, 0.5) is 10.5 Å². The Kier molecular flexibility index (Phi) is 5.81. The van der Waals surface area contributed by atoms with Crippen LogP contribution in [-0.2, 0) is 11.3 Å². The highest BCUT2D eigenvalue weighted by Gasteiger charge is 2.39. The topological polar surface area (TPSA) is 72.9 Å². The number of aliphatic hydroxyl groups is 1. The number of rotatable bonds is 3. The lowest BCUT2D eigenvalue weighted by atomic mass is 9.96. The van der Waals surface area contributed by atoms with Gasteiger partial charge in [0.2, 0.25) is 5.91 Å². The van der Waals surface area contributed by atoms with Crippen LogP contribution >= 0.6 is 0 Å². The van der Waals surface area contributed by atoms with Crippen LogP contribution < -0.4 is 5.32 Å². The Bertz CT molecular complexity index is 663. The number of para-hydroxylation sites is 1. The van der Waals surface area contributed by atoms with Crippen LogP contribution in [0.25, 0.3) is 0 Å². The Hall–Kier alpha value is -2.08. The highest BCUT2D eigenvalue weighted by atomic mass is 16.3.